The third-order valence-electron chi connectivity index (χ3n) is 4.52. The van der Waals surface area contributed by atoms with Gasteiger partial charge < -0.3 is 10.2 Å². The van der Waals surface area contributed by atoms with Crippen LogP contribution in [0.25, 0.3) is 0 Å². The zero-order valence-electron chi connectivity index (χ0n) is 13.8. The lowest BCUT2D eigenvalue weighted by molar-refractivity contribution is -0.133. The van der Waals surface area contributed by atoms with Crippen LogP contribution in [0.3, 0.4) is 0 Å². The van der Waals surface area contributed by atoms with Gasteiger partial charge in [-0.1, -0.05) is 18.0 Å². The summed E-state index contributed by atoms with van der Waals surface area (Å²) in [6.07, 6.45) is 3.69. The lowest BCUT2D eigenvalue weighted by Crippen LogP contribution is -2.49. The van der Waals surface area contributed by atoms with Gasteiger partial charge >= 0.3 is 0 Å². The van der Waals surface area contributed by atoms with E-state index in [0.29, 0.717) is 36.9 Å². The number of halogens is 2. The summed E-state index contributed by atoms with van der Waals surface area (Å²) in [5.41, 5.74) is 0. The van der Waals surface area contributed by atoms with Crippen molar-refractivity contribution in [3.8, 4) is 0 Å². The first kappa shape index (κ1) is 20.9. The highest BCUT2D eigenvalue weighted by atomic mass is 35.5. The summed E-state index contributed by atoms with van der Waals surface area (Å²) in [5, 5.41) is 3.27. The van der Waals surface area contributed by atoms with Crippen molar-refractivity contribution in [2.45, 2.75) is 35.9 Å². The van der Waals surface area contributed by atoms with Gasteiger partial charge in [0.05, 0.1) is 10.4 Å². The topological polar surface area (TPSA) is 69.7 Å². The van der Waals surface area contributed by atoms with Crippen LogP contribution in [0, 0.1) is 0 Å². The molecule has 6 nitrogen and oxygen atoms in total. The van der Waals surface area contributed by atoms with Crippen molar-refractivity contribution < 1.29 is 13.2 Å². The smallest absolute Gasteiger partial charge is 0.252 e. The van der Waals surface area contributed by atoms with Crippen LogP contribution < -0.4 is 5.32 Å². The summed E-state index contributed by atoms with van der Waals surface area (Å²) in [7, 11) is -3.52. The quantitative estimate of drug-likeness (QED) is 0.802. The maximum absolute atomic E-state index is 12.7. The summed E-state index contributed by atoms with van der Waals surface area (Å²) in [5.74, 6) is 0.105. The molecule has 25 heavy (non-hydrogen) atoms. The molecular formula is C15H23Cl2N3O3S2. The van der Waals surface area contributed by atoms with Crippen molar-refractivity contribution in [1.29, 1.82) is 0 Å². The van der Waals surface area contributed by atoms with E-state index < -0.39 is 10.0 Å². The number of hydrogen-bond acceptors (Lipinski definition) is 5. The van der Waals surface area contributed by atoms with Crippen molar-refractivity contribution in [3.05, 3.63) is 16.5 Å². The molecule has 2 fully saturated rings. The number of rotatable bonds is 3. The van der Waals surface area contributed by atoms with Crippen LogP contribution in [0.4, 0.5) is 0 Å². The Bertz CT molecular complexity index is 690. The highest BCUT2D eigenvalue weighted by Crippen LogP contribution is 2.28. The second-order valence-electron chi connectivity index (χ2n) is 6.14. The van der Waals surface area contributed by atoms with Crippen molar-refractivity contribution in [2.75, 3.05) is 32.7 Å². The average molecular weight is 428 g/mol. The number of carbonyl (C=O) groups is 1. The Hall–Kier alpha value is -0.380. The van der Waals surface area contributed by atoms with Gasteiger partial charge in [-0.25, -0.2) is 8.42 Å². The van der Waals surface area contributed by atoms with E-state index in [-0.39, 0.29) is 28.6 Å². The number of carbonyl (C=O) groups excluding carboxylic acids is 1. The van der Waals surface area contributed by atoms with Gasteiger partial charge in [-0.05, 0) is 37.9 Å². The van der Waals surface area contributed by atoms with Crippen LogP contribution in [-0.2, 0) is 14.8 Å². The molecule has 0 spiro atoms. The Labute approximate surface area is 164 Å². The number of nitrogens with one attached hydrogen (secondary N) is 1. The maximum Gasteiger partial charge on any atom is 0.252 e. The molecule has 0 aliphatic carbocycles. The predicted octanol–water partition coefficient (Wildman–Crippen LogP) is 2.19. The molecule has 2 saturated heterocycles. The molecule has 2 aliphatic heterocycles. The molecule has 1 unspecified atom stereocenters. The fourth-order valence-electron chi connectivity index (χ4n) is 3.20. The second kappa shape index (κ2) is 9.01. The minimum atomic E-state index is -3.52. The summed E-state index contributed by atoms with van der Waals surface area (Å²) in [6.45, 7) is 2.68. The third kappa shape index (κ3) is 4.87. The van der Waals surface area contributed by atoms with Gasteiger partial charge in [0.15, 0.2) is 0 Å². The lowest BCUT2D eigenvalue weighted by atomic mass is 10.0. The SMILES string of the molecule is Cl.O=C(C1CCCCN1)N1CCCN(S(=O)(=O)c2ccc(Cl)s2)CC1. The van der Waals surface area contributed by atoms with Gasteiger partial charge in [-0.15, -0.1) is 23.7 Å². The predicted molar refractivity (Wildman–Crippen MR) is 102 cm³/mol. The zero-order chi connectivity index (χ0) is 17.2. The van der Waals surface area contributed by atoms with Crippen LogP contribution in [0.2, 0.25) is 4.34 Å². The number of thiophene rings is 1. The van der Waals surface area contributed by atoms with E-state index >= 15 is 0 Å². The molecule has 142 valence electrons. The van der Waals surface area contributed by atoms with E-state index in [1.54, 1.807) is 17.0 Å². The Morgan fingerprint density at radius 1 is 1.16 bits per heavy atom. The van der Waals surface area contributed by atoms with Crippen molar-refractivity contribution in [2.24, 2.45) is 0 Å². The molecule has 2 aliphatic rings. The molecule has 10 heteroatoms. The number of hydrogen-bond donors (Lipinski definition) is 1. The van der Waals surface area contributed by atoms with E-state index in [2.05, 4.69) is 5.32 Å². The molecule has 0 saturated carbocycles. The van der Waals surface area contributed by atoms with Gasteiger partial charge in [-0.3, -0.25) is 4.79 Å². The van der Waals surface area contributed by atoms with Crippen LogP contribution in [0.15, 0.2) is 16.3 Å². The maximum atomic E-state index is 12.7. The third-order valence-corrected chi connectivity index (χ3v) is 8.11. The summed E-state index contributed by atoms with van der Waals surface area (Å²) < 4.78 is 27.6. The zero-order valence-corrected chi connectivity index (χ0v) is 17.0. The second-order valence-corrected chi connectivity index (χ2v) is 10.0. The van der Waals surface area contributed by atoms with Gasteiger partial charge in [-0.2, -0.15) is 4.31 Å². The van der Waals surface area contributed by atoms with E-state index in [0.717, 1.165) is 37.1 Å². The fraction of sp³-hybridized carbons (Fsp3) is 0.667. The Balaban J connectivity index is 0.00000225. The number of sulfonamides is 1. The van der Waals surface area contributed by atoms with E-state index in [1.807, 2.05) is 0 Å². The number of nitrogens with zero attached hydrogens (tertiary/aromatic N) is 2. The van der Waals surface area contributed by atoms with Crippen molar-refractivity contribution in [3.63, 3.8) is 0 Å². The van der Waals surface area contributed by atoms with Crippen LogP contribution in [-0.4, -0.2) is 62.3 Å². The summed E-state index contributed by atoms with van der Waals surface area (Å²) in [4.78, 5) is 14.4. The molecule has 0 aromatic carbocycles. The van der Waals surface area contributed by atoms with E-state index in [4.69, 9.17) is 11.6 Å². The monoisotopic (exact) mass is 427 g/mol. The van der Waals surface area contributed by atoms with Gasteiger partial charge in [0, 0.05) is 26.2 Å². The van der Waals surface area contributed by atoms with Crippen molar-refractivity contribution >= 4 is 51.3 Å². The Morgan fingerprint density at radius 2 is 1.96 bits per heavy atom. The molecule has 1 amide bonds. The van der Waals surface area contributed by atoms with E-state index in [9.17, 15) is 13.2 Å². The molecule has 1 aromatic rings. The largest absolute Gasteiger partial charge is 0.340 e. The molecule has 0 radical (unpaired) electrons. The molecule has 3 heterocycles. The highest BCUT2D eigenvalue weighted by molar-refractivity contribution is 7.91. The Kier molecular flexibility index (Phi) is 7.54. The minimum absolute atomic E-state index is 0. The average Bonchev–Trinajstić information content (AvgIpc) is 2.88. The molecule has 3 rings (SSSR count). The fourth-order valence-corrected chi connectivity index (χ4v) is 6.31. The standard InChI is InChI=1S/C15H22ClN3O3S2.ClH/c16-13-5-6-14(23-13)24(21,22)19-9-3-8-18(10-11-19)15(20)12-4-1-2-7-17-12;/h5-6,12,17H,1-4,7-11H2;1H. The lowest BCUT2D eigenvalue weighted by Gasteiger charge is -2.29. The summed E-state index contributed by atoms with van der Waals surface area (Å²) in [6, 6.07) is 3.03. The highest BCUT2D eigenvalue weighted by Gasteiger charge is 2.31. The number of piperidine rings is 1. The summed E-state index contributed by atoms with van der Waals surface area (Å²) >= 11 is 6.93. The normalized spacial score (nSPS) is 22.9. The molecule has 1 N–H and O–H groups in total. The Morgan fingerprint density at radius 3 is 2.60 bits per heavy atom. The number of amides is 1. The molecule has 1 aromatic heterocycles. The van der Waals surface area contributed by atoms with Crippen LogP contribution in [0.5, 0.6) is 0 Å². The first-order chi connectivity index (χ1) is 11.5. The molecular weight excluding hydrogens is 405 g/mol. The minimum Gasteiger partial charge on any atom is -0.340 e. The van der Waals surface area contributed by atoms with Crippen molar-refractivity contribution in [1.82, 2.24) is 14.5 Å². The molecule has 0 bridgehead atoms. The molecule has 1 atom stereocenters. The first-order valence-corrected chi connectivity index (χ1v) is 10.9. The van der Waals surface area contributed by atoms with Gasteiger partial charge in [0.25, 0.3) is 10.0 Å². The van der Waals surface area contributed by atoms with E-state index in [1.165, 1.54) is 4.31 Å². The first-order valence-electron chi connectivity index (χ1n) is 8.26. The van der Waals surface area contributed by atoms with Gasteiger partial charge in [0.1, 0.15) is 4.21 Å². The van der Waals surface area contributed by atoms with Crippen LogP contribution >= 0.6 is 35.3 Å². The van der Waals surface area contributed by atoms with Crippen LogP contribution in [0.1, 0.15) is 25.7 Å². The van der Waals surface area contributed by atoms with Gasteiger partial charge in [0.2, 0.25) is 5.91 Å².